The molecule has 6 heteroatoms. The fraction of sp³-hybridized carbons (Fsp3) is 0.320. The highest BCUT2D eigenvalue weighted by atomic mass is 32.2. The van der Waals surface area contributed by atoms with Gasteiger partial charge in [0.25, 0.3) is 5.91 Å². The molecule has 0 unspecified atom stereocenters. The molecular weight excluding hydrogens is 404 g/mol. The molecule has 3 aromatic rings. The van der Waals surface area contributed by atoms with Crippen molar-refractivity contribution >= 4 is 23.6 Å². The Bertz CT molecular complexity index is 982. The lowest BCUT2D eigenvalue weighted by atomic mass is 9.96. The molecule has 1 aromatic heterocycles. The Hall–Kier alpha value is -2.86. The maximum absolute atomic E-state index is 12.5. The molecular formula is C25H28N4OS. The summed E-state index contributed by atoms with van der Waals surface area (Å²) in [5, 5.41) is 6.42. The van der Waals surface area contributed by atoms with E-state index in [-0.39, 0.29) is 5.91 Å². The van der Waals surface area contributed by atoms with Crippen LogP contribution in [0.5, 0.6) is 0 Å². The normalized spacial score (nSPS) is 14.2. The highest BCUT2D eigenvalue weighted by molar-refractivity contribution is 7.98. The van der Waals surface area contributed by atoms with Gasteiger partial charge in [0.1, 0.15) is 0 Å². The first kappa shape index (κ1) is 21.4. The third-order valence-corrected chi connectivity index (χ3v) is 6.43. The van der Waals surface area contributed by atoms with E-state index in [0.29, 0.717) is 24.1 Å². The zero-order valence-electron chi connectivity index (χ0n) is 17.8. The molecule has 2 aromatic carbocycles. The number of benzene rings is 2. The smallest absolute Gasteiger partial charge is 0.251 e. The van der Waals surface area contributed by atoms with E-state index in [9.17, 15) is 4.79 Å². The zero-order valence-corrected chi connectivity index (χ0v) is 18.6. The molecule has 1 saturated carbocycles. The minimum atomic E-state index is -0.0798. The molecule has 1 fully saturated rings. The Balaban J connectivity index is 1.33. The number of rotatable bonds is 7. The van der Waals surface area contributed by atoms with Crippen LogP contribution in [-0.2, 0) is 6.54 Å². The summed E-state index contributed by atoms with van der Waals surface area (Å²) in [7, 11) is 0. The van der Waals surface area contributed by atoms with Gasteiger partial charge in [0.15, 0.2) is 0 Å². The predicted molar refractivity (Wildman–Crippen MR) is 127 cm³/mol. The van der Waals surface area contributed by atoms with Gasteiger partial charge in [-0.3, -0.25) is 4.79 Å². The van der Waals surface area contributed by atoms with Crippen LogP contribution in [0.3, 0.4) is 0 Å². The molecule has 0 radical (unpaired) electrons. The van der Waals surface area contributed by atoms with Gasteiger partial charge in [-0.25, -0.2) is 9.97 Å². The summed E-state index contributed by atoms with van der Waals surface area (Å²) < 4.78 is 0. The van der Waals surface area contributed by atoms with Crippen molar-refractivity contribution in [3.05, 3.63) is 72.1 Å². The maximum Gasteiger partial charge on any atom is 0.251 e. The molecule has 160 valence electrons. The van der Waals surface area contributed by atoms with E-state index in [1.54, 1.807) is 11.8 Å². The lowest BCUT2D eigenvalue weighted by Crippen LogP contribution is -2.23. The number of aromatic nitrogens is 2. The summed E-state index contributed by atoms with van der Waals surface area (Å²) in [4.78, 5) is 22.6. The summed E-state index contributed by atoms with van der Waals surface area (Å²) in [5.41, 5.74) is 3.66. The third kappa shape index (κ3) is 5.85. The monoisotopic (exact) mass is 432 g/mol. The Morgan fingerprint density at radius 1 is 0.935 bits per heavy atom. The van der Waals surface area contributed by atoms with Gasteiger partial charge in [-0.1, -0.05) is 43.5 Å². The summed E-state index contributed by atoms with van der Waals surface area (Å²) in [6.45, 7) is 0.512. The highest BCUT2D eigenvalue weighted by Crippen LogP contribution is 2.22. The largest absolute Gasteiger partial charge is 0.351 e. The average molecular weight is 433 g/mol. The second-order valence-corrected chi connectivity index (χ2v) is 8.76. The van der Waals surface area contributed by atoms with Crippen LogP contribution >= 0.6 is 11.8 Å². The van der Waals surface area contributed by atoms with Crippen LogP contribution < -0.4 is 10.6 Å². The Morgan fingerprint density at radius 3 is 2.26 bits per heavy atom. The summed E-state index contributed by atoms with van der Waals surface area (Å²) in [5.74, 6) is 0.612. The average Bonchev–Trinajstić information content (AvgIpc) is 2.84. The van der Waals surface area contributed by atoms with Crippen LogP contribution in [0.25, 0.3) is 11.1 Å². The molecule has 1 aliphatic rings. The van der Waals surface area contributed by atoms with E-state index >= 15 is 0 Å². The van der Waals surface area contributed by atoms with E-state index in [0.717, 1.165) is 16.7 Å². The quantitative estimate of drug-likeness (QED) is 0.480. The standard InChI is InChI=1S/C25H28N4OS/c1-31-23-13-7-18(8-14-23)15-26-24(30)20-11-9-19(10-12-20)21-16-27-25(28-17-21)29-22-5-3-2-4-6-22/h7-14,16-17,22H,2-6,15H2,1H3,(H,26,30)(H,27,28,29). The van der Waals surface area contributed by atoms with Gasteiger partial charge in [-0.15, -0.1) is 11.8 Å². The van der Waals surface area contributed by atoms with Crippen LogP contribution in [0, 0.1) is 0 Å². The van der Waals surface area contributed by atoms with Crippen LogP contribution in [0.4, 0.5) is 5.95 Å². The molecule has 1 heterocycles. The lowest BCUT2D eigenvalue weighted by Gasteiger charge is -2.22. The topological polar surface area (TPSA) is 66.9 Å². The van der Waals surface area contributed by atoms with Gasteiger partial charge in [-0.05, 0) is 54.5 Å². The molecule has 0 saturated heterocycles. The maximum atomic E-state index is 12.5. The van der Waals surface area contributed by atoms with Crippen molar-refractivity contribution in [2.24, 2.45) is 0 Å². The third-order valence-electron chi connectivity index (χ3n) is 5.68. The van der Waals surface area contributed by atoms with E-state index in [1.807, 2.05) is 48.8 Å². The van der Waals surface area contributed by atoms with Gasteiger partial charge >= 0.3 is 0 Å². The number of anilines is 1. The van der Waals surface area contributed by atoms with Crippen molar-refractivity contribution in [2.45, 2.75) is 49.6 Å². The minimum absolute atomic E-state index is 0.0798. The molecule has 2 N–H and O–H groups in total. The molecule has 1 amide bonds. The van der Waals surface area contributed by atoms with Gasteiger partial charge in [-0.2, -0.15) is 0 Å². The Labute approximate surface area is 188 Å². The second kappa shape index (κ2) is 10.4. The zero-order chi connectivity index (χ0) is 21.5. The van der Waals surface area contributed by atoms with Crippen LogP contribution in [0.2, 0.25) is 0 Å². The second-order valence-electron chi connectivity index (χ2n) is 7.88. The first-order chi connectivity index (χ1) is 15.2. The van der Waals surface area contributed by atoms with Gasteiger partial charge in [0, 0.05) is 41.0 Å². The fourth-order valence-electron chi connectivity index (χ4n) is 3.82. The van der Waals surface area contributed by atoms with Gasteiger partial charge in [0.05, 0.1) is 0 Å². The number of amides is 1. The molecule has 0 atom stereocenters. The first-order valence-electron chi connectivity index (χ1n) is 10.8. The molecule has 4 rings (SSSR count). The summed E-state index contributed by atoms with van der Waals surface area (Å²) in [6.07, 6.45) is 12.0. The van der Waals surface area contributed by atoms with E-state index in [1.165, 1.54) is 37.0 Å². The van der Waals surface area contributed by atoms with E-state index < -0.39 is 0 Å². The number of carbonyl (C=O) groups is 1. The first-order valence-corrected chi connectivity index (χ1v) is 12.0. The molecule has 0 aliphatic heterocycles. The van der Waals surface area contributed by atoms with Crippen molar-refractivity contribution < 1.29 is 4.79 Å². The Morgan fingerprint density at radius 2 is 1.61 bits per heavy atom. The molecule has 0 spiro atoms. The van der Waals surface area contributed by atoms with Crippen LogP contribution in [0.1, 0.15) is 48.0 Å². The number of hydrogen-bond acceptors (Lipinski definition) is 5. The number of thioether (sulfide) groups is 1. The number of nitrogens with one attached hydrogen (secondary N) is 2. The van der Waals surface area contributed by atoms with Crippen molar-refractivity contribution in [3.8, 4) is 11.1 Å². The fourth-order valence-corrected chi connectivity index (χ4v) is 4.23. The minimum Gasteiger partial charge on any atom is -0.351 e. The van der Waals surface area contributed by atoms with Crippen LogP contribution in [0.15, 0.2) is 65.8 Å². The van der Waals surface area contributed by atoms with Crippen molar-refractivity contribution in [3.63, 3.8) is 0 Å². The van der Waals surface area contributed by atoms with Gasteiger partial charge < -0.3 is 10.6 Å². The predicted octanol–water partition coefficient (Wildman–Crippen LogP) is 5.54. The Kier molecular flexibility index (Phi) is 7.20. The SMILES string of the molecule is CSc1ccc(CNC(=O)c2ccc(-c3cnc(NC4CCCCC4)nc3)cc2)cc1. The lowest BCUT2D eigenvalue weighted by molar-refractivity contribution is 0.0951. The summed E-state index contributed by atoms with van der Waals surface area (Å²) in [6, 6.07) is 16.3. The molecule has 1 aliphatic carbocycles. The van der Waals surface area contributed by atoms with Crippen molar-refractivity contribution in [1.82, 2.24) is 15.3 Å². The van der Waals surface area contributed by atoms with Crippen LogP contribution in [-0.4, -0.2) is 28.2 Å². The van der Waals surface area contributed by atoms with Crippen molar-refractivity contribution in [1.29, 1.82) is 0 Å². The molecule has 5 nitrogen and oxygen atoms in total. The van der Waals surface area contributed by atoms with E-state index in [4.69, 9.17) is 0 Å². The molecule has 0 bridgehead atoms. The molecule has 31 heavy (non-hydrogen) atoms. The van der Waals surface area contributed by atoms with E-state index in [2.05, 4.69) is 39.0 Å². The van der Waals surface area contributed by atoms with Crippen molar-refractivity contribution in [2.75, 3.05) is 11.6 Å². The number of hydrogen-bond donors (Lipinski definition) is 2. The summed E-state index contributed by atoms with van der Waals surface area (Å²) >= 11 is 1.71. The number of carbonyl (C=O) groups excluding carboxylic acids is 1. The number of nitrogens with zero attached hydrogens (tertiary/aromatic N) is 2. The van der Waals surface area contributed by atoms with Gasteiger partial charge in [0.2, 0.25) is 5.95 Å². The highest BCUT2D eigenvalue weighted by Gasteiger charge is 2.14.